The van der Waals surface area contributed by atoms with E-state index >= 15 is 0 Å². The number of carbonyl (C=O) groups is 3. The van der Waals surface area contributed by atoms with E-state index in [4.69, 9.17) is 9.15 Å². The smallest absolute Gasteiger partial charge is 0.373 e. The van der Waals surface area contributed by atoms with Crippen molar-refractivity contribution >= 4 is 66.8 Å². The molecule has 0 atom stereocenters. The third kappa shape index (κ3) is 5.85. The summed E-state index contributed by atoms with van der Waals surface area (Å²) in [6.07, 6.45) is 1.60. The quantitative estimate of drug-likeness (QED) is 0.218. The number of hydrogen-bond donors (Lipinski definition) is 0. The molecule has 0 N–H and O–H groups in total. The Morgan fingerprint density at radius 3 is 2.57 bits per heavy atom. The van der Waals surface area contributed by atoms with Gasteiger partial charge in [0.1, 0.15) is 23.9 Å². The van der Waals surface area contributed by atoms with Crippen LogP contribution in [0, 0.1) is 5.82 Å². The van der Waals surface area contributed by atoms with Crippen LogP contribution in [0.4, 0.5) is 9.18 Å². The third-order valence-electron chi connectivity index (χ3n) is 4.83. The highest BCUT2D eigenvalue weighted by molar-refractivity contribution is 9.11. The molecule has 1 aliphatic rings. The normalized spacial score (nSPS) is 14.6. The predicted octanol–water partition coefficient (Wildman–Crippen LogP) is 6.55. The second kappa shape index (κ2) is 10.8. The molecule has 180 valence electrons. The molecule has 0 radical (unpaired) electrons. The van der Waals surface area contributed by atoms with E-state index in [9.17, 15) is 18.8 Å². The van der Waals surface area contributed by atoms with Gasteiger partial charge in [-0.3, -0.25) is 14.5 Å². The molecule has 0 bridgehead atoms. The van der Waals surface area contributed by atoms with Gasteiger partial charge in [-0.2, -0.15) is 0 Å². The molecule has 7 nitrogen and oxygen atoms in total. The summed E-state index contributed by atoms with van der Waals surface area (Å²) in [5, 5.41) is -0.453. The molecular weight excluding hydrogens is 609 g/mol. The fraction of sp³-hybridized carbons (Fsp3) is 0.125. The lowest BCUT2D eigenvalue weighted by Crippen LogP contribution is -2.27. The van der Waals surface area contributed by atoms with Gasteiger partial charge >= 0.3 is 5.97 Å². The highest BCUT2D eigenvalue weighted by Gasteiger charge is 2.36. The minimum absolute atomic E-state index is 0.0144. The monoisotopic (exact) mass is 623 g/mol. The molecule has 4 rings (SSSR count). The molecule has 2 amide bonds. The Kier molecular flexibility index (Phi) is 7.78. The molecule has 2 aromatic carbocycles. The van der Waals surface area contributed by atoms with Crippen molar-refractivity contribution in [3.63, 3.8) is 0 Å². The van der Waals surface area contributed by atoms with Crippen LogP contribution in [0.15, 0.2) is 66.8 Å². The number of carbonyl (C=O) groups excluding carboxylic acids is 3. The van der Waals surface area contributed by atoms with E-state index in [-0.39, 0.29) is 35.4 Å². The number of methoxy groups -OCH3 is 1. The van der Waals surface area contributed by atoms with Gasteiger partial charge in [0.05, 0.1) is 27.5 Å². The van der Waals surface area contributed by atoms with Crippen LogP contribution in [0.5, 0.6) is 5.75 Å². The molecule has 0 aliphatic carbocycles. The van der Waals surface area contributed by atoms with Gasteiger partial charge in [0.15, 0.2) is 0 Å². The summed E-state index contributed by atoms with van der Waals surface area (Å²) in [6.45, 7) is 0.0525. The van der Waals surface area contributed by atoms with Crippen LogP contribution < -0.4 is 4.74 Å². The van der Waals surface area contributed by atoms with E-state index in [0.29, 0.717) is 25.8 Å². The highest BCUT2D eigenvalue weighted by Crippen LogP contribution is 2.38. The minimum atomic E-state index is -0.648. The lowest BCUT2D eigenvalue weighted by molar-refractivity contribution is -0.123. The lowest BCUT2D eigenvalue weighted by Gasteiger charge is -2.12. The van der Waals surface area contributed by atoms with Gasteiger partial charge in [0.25, 0.3) is 11.1 Å². The zero-order valence-electron chi connectivity index (χ0n) is 18.0. The number of imide groups is 1. The average Bonchev–Trinajstić information content (AvgIpc) is 3.38. The number of benzene rings is 2. The van der Waals surface area contributed by atoms with Gasteiger partial charge in [-0.1, -0.05) is 12.1 Å². The summed E-state index contributed by atoms with van der Waals surface area (Å²) < 4.78 is 30.4. The summed E-state index contributed by atoms with van der Waals surface area (Å²) in [7, 11) is 1.23. The van der Waals surface area contributed by atoms with Gasteiger partial charge in [-0.25, -0.2) is 9.18 Å². The number of amides is 2. The molecule has 3 aromatic rings. The lowest BCUT2D eigenvalue weighted by atomic mass is 10.2. The van der Waals surface area contributed by atoms with Crippen LogP contribution in [0.2, 0.25) is 0 Å². The van der Waals surface area contributed by atoms with Crippen LogP contribution in [0.25, 0.3) is 6.08 Å². The Bertz CT molecular complexity index is 1330. The van der Waals surface area contributed by atoms with Crippen molar-refractivity contribution in [1.29, 1.82) is 0 Å². The van der Waals surface area contributed by atoms with Crippen molar-refractivity contribution in [2.45, 2.75) is 13.2 Å². The first-order valence-electron chi connectivity index (χ1n) is 10.0. The Hall–Kier alpha value is -2.89. The fourth-order valence-corrected chi connectivity index (χ4v) is 5.49. The van der Waals surface area contributed by atoms with Crippen LogP contribution in [0.1, 0.15) is 27.4 Å². The van der Waals surface area contributed by atoms with E-state index in [1.807, 2.05) is 0 Å². The largest absolute Gasteiger partial charge is 0.487 e. The Labute approximate surface area is 220 Å². The number of ether oxygens (including phenoxy) is 2. The van der Waals surface area contributed by atoms with Crippen molar-refractivity contribution in [3.05, 3.63) is 90.8 Å². The number of halogens is 3. The molecule has 0 unspecified atom stereocenters. The zero-order valence-corrected chi connectivity index (χ0v) is 22.0. The molecular formula is C24H16Br2FNO6S. The van der Waals surface area contributed by atoms with Crippen molar-refractivity contribution in [3.8, 4) is 5.75 Å². The number of thioether (sulfide) groups is 1. The summed E-state index contributed by atoms with van der Waals surface area (Å²) in [4.78, 5) is 38.1. The second-order valence-corrected chi connectivity index (χ2v) is 9.96. The maximum atomic E-state index is 13.4. The summed E-state index contributed by atoms with van der Waals surface area (Å²) >= 11 is 7.73. The van der Waals surface area contributed by atoms with Crippen LogP contribution in [-0.2, 0) is 22.7 Å². The second-order valence-electron chi connectivity index (χ2n) is 7.26. The van der Waals surface area contributed by atoms with Crippen molar-refractivity contribution < 1.29 is 32.7 Å². The number of furan rings is 1. The van der Waals surface area contributed by atoms with Crippen LogP contribution in [0.3, 0.4) is 0 Å². The number of rotatable bonds is 7. The average molecular weight is 625 g/mol. The summed E-state index contributed by atoms with van der Waals surface area (Å²) in [5.41, 5.74) is 1.33. The van der Waals surface area contributed by atoms with Gasteiger partial charge in [-0.15, -0.1) is 0 Å². The van der Waals surface area contributed by atoms with E-state index in [0.717, 1.165) is 16.7 Å². The fourth-order valence-electron chi connectivity index (χ4n) is 3.20. The molecule has 1 aliphatic heterocycles. The maximum absolute atomic E-state index is 13.4. The first kappa shape index (κ1) is 25.2. The Morgan fingerprint density at radius 2 is 1.89 bits per heavy atom. The third-order valence-corrected chi connectivity index (χ3v) is 6.91. The van der Waals surface area contributed by atoms with Gasteiger partial charge in [0.2, 0.25) is 5.76 Å². The molecule has 35 heavy (non-hydrogen) atoms. The number of hydrogen-bond acceptors (Lipinski definition) is 7. The highest BCUT2D eigenvalue weighted by atomic mass is 79.9. The molecule has 11 heteroatoms. The van der Waals surface area contributed by atoms with Gasteiger partial charge in [0, 0.05) is 0 Å². The minimum Gasteiger partial charge on any atom is -0.487 e. The number of nitrogens with zero attached hydrogens (tertiary/aromatic N) is 1. The van der Waals surface area contributed by atoms with Crippen molar-refractivity contribution in [2.75, 3.05) is 7.11 Å². The molecule has 0 spiro atoms. The zero-order chi connectivity index (χ0) is 25.1. The van der Waals surface area contributed by atoms with Crippen molar-refractivity contribution in [2.24, 2.45) is 0 Å². The number of esters is 1. The summed E-state index contributed by atoms with van der Waals surface area (Å²) in [6, 6.07) is 12.5. The predicted molar refractivity (Wildman–Crippen MR) is 134 cm³/mol. The topological polar surface area (TPSA) is 86.0 Å². The van der Waals surface area contributed by atoms with E-state index < -0.39 is 17.1 Å². The Balaban J connectivity index is 1.48. The van der Waals surface area contributed by atoms with E-state index in [1.165, 1.54) is 31.4 Å². The molecule has 1 fully saturated rings. The standard InChI is InChI=1S/C24H16Br2FNO6S/c1-32-23(30)19-6-5-16(34-19)11-28-22(29)20(35-24(28)31)10-14-8-17(25)21(18(26)9-14)33-12-13-3-2-4-15(27)7-13/h2-10H,11-12H2,1H3/b20-10+. The molecule has 1 aromatic heterocycles. The van der Waals surface area contributed by atoms with E-state index in [1.54, 1.807) is 30.3 Å². The first-order chi connectivity index (χ1) is 16.7. The molecule has 0 saturated carbocycles. The van der Waals surface area contributed by atoms with Crippen LogP contribution in [-0.4, -0.2) is 29.1 Å². The maximum Gasteiger partial charge on any atom is 0.373 e. The van der Waals surface area contributed by atoms with E-state index in [2.05, 4.69) is 36.6 Å². The van der Waals surface area contributed by atoms with Crippen molar-refractivity contribution in [1.82, 2.24) is 4.90 Å². The summed E-state index contributed by atoms with van der Waals surface area (Å²) in [5.74, 6) is -0.693. The molecule has 2 heterocycles. The first-order valence-corrected chi connectivity index (χ1v) is 12.4. The van der Waals surface area contributed by atoms with Gasteiger partial charge < -0.3 is 13.9 Å². The molecule has 1 saturated heterocycles. The Morgan fingerprint density at radius 1 is 1.14 bits per heavy atom. The van der Waals surface area contributed by atoms with Gasteiger partial charge in [-0.05, 0) is 97.2 Å². The SMILES string of the molecule is COC(=O)c1ccc(CN2C(=O)S/C(=C/c3cc(Br)c(OCc4cccc(F)c4)c(Br)c3)C2=O)o1. The van der Waals surface area contributed by atoms with Crippen LogP contribution >= 0.6 is 43.6 Å².